The molecule has 0 bridgehead atoms. The Morgan fingerprint density at radius 2 is 2.04 bits per heavy atom. The molecule has 1 saturated heterocycles. The molecule has 0 aromatic carbocycles. The Morgan fingerprint density at radius 3 is 2.78 bits per heavy atom. The molecule has 1 fully saturated rings. The van der Waals surface area contributed by atoms with E-state index in [4.69, 9.17) is 0 Å². The fourth-order valence-electron chi connectivity index (χ4n) is 2.95. The number of aryl methyl sites for hydroxylation is 1. The highest BCUT2D eigenvalue weighted by atomic mass is 16.2. The van der Waals surface area contributed by atoms with Gasteiger partial charge in [0.1, 0.15) is 0 Å². The fourth-order valence-corrected chi connectivity index (χ4v) is 2.95. The Kier molecular flexibility index (Phi) is 5.17. The normalized spacial score (nSPS) is 16.4. The molecule has 0 spiro atoms. The molecule has 1 aliphatic heterocycles. The summed E-state index contributed by atoms with van der Waals surface area (Å²) >= 11 is 0. The van der Waals surface area contributed by atoms with Crippen molar-refractivity contribution in [3.8, 4) is 0 Å². The lowest BCUT2D eigenvalue weighted by molar-refractivity contribution is 0.0941. The van der Waals surface area contributed by atoms with Gasteiger partial charge in [-0.3, -0.25) is 4.79 Å². The Morgan fingerprint density at radius 1 is 1.26 bits per heavy atom. The Labute approximate surface area is 136 Å². The van der Waals surface area contributed by atoms with Crippen LogP contribution in [0.2, 0.25) is 0 Å². The van der Waals surface area contributed by atoms with Crippen LogP contribution >= 0.6 is 0 Å². The monoisotopic (exact) mass is 316 g/mol. The van der Waals surface area contributed by atoms with E-state index in [-0.39, 0.29) is 11.7 Å². The number of carbonyl (C=O) groups is 1. The summed E-state index contributed by atoms with van der Waals surface area (Å²) in [5.41, 5.74) is 0.905. The summed E-state index contributed by atoms with van der Waals surface area (Å²) in [4.78, 5) is 22.9. The Hall–Kier alpha value is -2.02. The second-order valence-electron chi connectivity index (χ2n) is 6.10. The summed E-state index contributed by atoms with van der Waals surface area (Å²) in [5, 5.41) is 7.12. The van der Waals surface area contributed by atoms with E-state index < -0.39 is 0 Å². The topological polar surface area (TPSA) is 75.4 Å². The van der Waals surface area contributed by atoms with Gasteiger partial charge in [-0.05, 0) is 51.9 Å². The maximum atomic E-state index is 12.1. The summed E-state index contributed by atoms with van der Waals surface area (Å²) in [6.45, 7) is 5.98. The lowest BCUT2D eigenvalue weighted by atomic mass is 10.2. The molecule has 0 unspecified atom stereocenters. The quantitative estimate of drug-likeness (QED) is 0.845. The molecule has 0 saturated carbocycles. The van der Waals surface area contributed by atoms with Crippen molar-refractivity contribution in [1.29, 1.82) is 0 Å². The highest BCUT2D eigenvalue weighted by Gasteiger charge is 2.14. The van der Waals surface area contributed by atoms with Gasteiger partial charge in [0, 0.05) is 18.4 Å². The molecule has 1 aliphatic rings. The average molecular weight is 316 g/mol. The van der Waals surface area contributed by atoms with Crippen molar-refractivity contribution in [2.45, 2.75) is 39.0 Å². The van der Waals surface area contributed by atoms with E-state index in [2.05, 4.69) is 25.3 Å². The Bertz CT molecular complexity index is 660. The Balaban J connectivity index is 1.47. The number of nitrogens with zero attached hydrogens (tertiary/aromatic N) is 5. The molecule has 0 radical (unpaired) electrons. The van der Waals surface area contributed by atoms with Crippen molar-refractivity contribution in [2.75, 3.05) is 26.2 Å². The predicted molar refractivity (Wildman–Crippen MR) is 87.4 cm³/mol. The van der Waals surface area contributed by atoms with Crippen LogP contribution in [0.5, 0.6) is 0 Å². The van der Waals surface area contributed by atoms with E-state index in [1.165, 1.54) is 38.8 Å². The zero-order chi connectivity index (χ0) is 16.1. The number of nitrogens with one attached hydrogen (secondary N) is 1. The molecule has 7 nitrogen and oxygen atoms in total. The first kappa shape index (κ1) is 15.9. The first-order valence-electron chi connectivity index (χ1n) is 8.43. The minimum Gasteiger partial charge on any atom is -0.349 e. The second kappa shape index (κ2) is 7.50. The van der Waals surface area contributed by atoms with Crippen LogP contribution in [0.3, 0.4) is 0 Å². The van der Waals surface area contributed by atoms with Gasteiger partial charge in [0.05, 0.1) is 0 Å². The van der Waals surface area contributed by atoms with Gasteiger partial charge in [0.15, 0.2) is 0 Å². The molecule has 2 aromatic heterocycles. The van der Waals surface area contributed by atoms with Crippen LogP contribution in [0, 0.1) is 6.92 Å². The van der Waals surface area contributed by atoms with Gasteiger partial charge in [-0.1, -0.05) is 12.8 Å². The fraction of sp³-hybridized carbons (Fsp3) is 0.625. The molecule has 3 rings (SSSR count). The molecule has 1 amide bonds. The average Bonchev–Trinajstić information content (AvgIpc) is 2.83. The third kappa shape index (κ3) is 4.04. The van der Waals surface area contributed by atoms with E-state index >= 15 is 0 Å². The highest BCUT2D eigenvalue weighted by molar-refractivity contribution is 5.90. The summed E-state index contributed by atoms with van der Waals surface area (Å²) < 4.78 is 1.59. The molecule has 0 aliphatic carbocycles. The second-order valence-corrected chi connectivity index (χ2v) is 6.10. The summed E-state index contributed by atoms with van der Waals surface area (Å²) in [6.07, 6.45) is 7.91. The lowest BCUT2D eigenvalue weighted by Gasteiger charge is -2.19. The van der Waals surface area contributed by atoms with Crippen LogP contribution in [0.25, 0.3) is 5.78 Å². The maximum absolute atomic E-state index is 12.1. The van der Waals surface area contributed by atoms with Crippen molar-refractivity contribution in [1.82, 2.24) is 29.8 Å². The third-order valence-corrected chi connectivity index (χ3v) is 4.27. The lowest BCUT2D eigenvalue weighted by Crippen LogP contribution is -2.31. The van der Waals surface area contributed by atoms with Crippen LogP contribution in [-0.4, -0.2) is 56.6 Å². The van der Waals surface area contributed by atoms with Gasteiger partial charge >= 0.3 is 0 Å². The predicted octanol–water partition coefficient (Wildman–Crippen LogP) is 1.43. The molecule has 0 atom stereocenters. The standard InChI is InChI=1S/C16H24N6O/c1-13-7-9-18-16-19-14(20-22(13)16)15(23)17-8-6-12-21-10-4-2-3-5-11-21/h7,9H,2-6,8,10-12H2,1H3,(H,17,23). The van der Waals surface area contributed by atoms with E-state index in [1.807, 2.05) is 13.0 Å². The van der Waals surface area contributed by atoms with E-state index in [9.17, 15) is 4.79 Å². The zero-order valence-corrected chi connectivity index (χ0v) is 13.7. The van der Waals surface area contributed by atoms with E-state index in [0.717, 1.165) is 18.7 Å². The highest BCUT2D eigenvalue weighted by Crippen LogP contribution is 2.09. The van der Waals surface area contributed by atoms with E-state index in [1.54, 1.807) is 10.7 Å². The number of rotatable bonds is 5. The number of carbonyl (C=O) groups excluding carboxylic acids is 1. The number of aromatic nitrogens is 4. The van der Waals surface area contributed by atoms with Gasteiger partial charge in [-0.2, -0.15) is 4.98 Å². The molecular formula is C16H24N6O. The van der Waals surface area contributed by atoms with Crippen molar-refractivity contribution in [3.63, 3.8) is 0 Å². The minimum atomic E-state index is -0.231. The molecule has 23 heavy (non-hydrogen) atoms. The molecule has 2 aromatic rings. The zero-order valence-electron chi connectivity index (χ0n) is 13.7. The van der Waals surface area contributed by atoms with Crippen molar-refractivity contribution in [2.24, 2.45) is 0 Å². The van der Waals surface area contributed by atoms with Crippen molar-refractivity contribution < 1.29 is 4.79 Å². The maximum Gasteiger partial charge on any atom is 0.291 e. The first-order chi connectivity index (χ1) is 11.2. The SMILES string of the molecule is Cc1ccnc2nc(C(=O)NCCCN3CCCCCC3)nn12. The van der Waals surface area contributed by atoms with Crippen LogP contribution in [0.1, 0.15) is 48.4 Å². The minimum absolute atomic E-state index is 0.182. The van der Waals surface area contributed by atoms with Gasteiger partial charge in [0.25, 0.3) is 11.7 Å². The third-order valence-electron chi connectivity index (χ3n) is 4.27. The van der Waals surface area contributed by atoms with Crippen LogP contribution in [-0.2, 0) is 0 Å². The number of amides is 1. The molecule has 124 valence electrons. The summed E-state index contributed by atoms with van der Waals surface area (Å²) in [5.74, 6) is 0.409. The van der Waals surface area contributed by atoms with Gasteiger partial charge in [-0.15, -0.1) is 5.10 Å². The number of likely N-dealkylation sites (tertiary alicyclic amines) is 1. The van der Waals surface area contributed by atoms with Gasteiger partial charge in [0.2, 0.25) is 5.82 Å². The van der Waals surface area contributed by atoms with Gasteiger partial charge < -0.3 is 10.2 Å². The van der Waals surface area contributed by atoms with Crippen molar-refractivity contribution >= 4 is 11.7 Å². The van der Waals surface area contributed by atoms with Crippen molar-refractivity contribution in [3.05, 3.63) is 23.8 Å². The first-order valence-corrected chi connectivity index (χ1v) is 8.43. The van der Waals surface area contributed by atoms with Crippen LogP contribution in [0.15, 0.2) is 12.3 Å². The number of hydrogen-bond donors (Lipinski definition) is 1. The van der Waals surface area contributed by atoms with Crippen LogP contribution in [0.4, 0.5) is 0 Å². The molecule has 7 heteroatoms. The van der Waals surface area contributed by atoms with E-state index in [0.29, 0.717) is 12.3 Å². The molecule has 3 heterocycles. The summed E-state index contributed by atoms with van der Waals surface area (Å²) in [6, 6.07) is 1.84. The molecule has 1 N–H and O–H groups in total. The number of hydrogen-bond acceptors (Lipinski definition) is 5. The van der Waals surface area contributed by atoms with Gasteiger partial charge in [-0.25, -0.2) is 9.50 Å². The molecular weight excluding hydrogens is 292 g/mol. The largest absolute Gasteiger partial charge is 0.349 e. The number of fused-ring (bicyclic) bond motifs is 1. The van der Waals surface area contributed by atoms with Crippen LogP contribution < -0.4 is 5.32 Å². The smallest absolute Gasteiger partial charge is 0.291 e. The summed E-state index contributed by atoms with van der Waals surface area (Å²) in [7, 11) is 0.